The second-order valence-corrected chi connectivity index (χ2v) is 9.52. The molecule has 0 amide bonds. The summed E-state index contributed by atoms with van der Waals surface area (Å²) < 4.78 is 1.69. The van der Waals surface area contributed by atoms with E-state index in [-0.39, 0.29) is 40.4 Å². The molecule has 9 nitrogen and oxygen atoms in total. The standard InChI is InChI=1S/C24H26ClN5O4/c1-4-30-22(32)14-8-11(2)7-13(12(3)26-17-5-6-18(25)27-20(17)23(33)34)19(14)28-24(30)29-9-15-16(10-29)21(15)31/h5-8,12,15-16,21,26,31H,4,9-10H2,1-3H3,(H,33,34)/t12-,15+,16+/m0/s1. The maximum Gasteiger partial charge on any atom is 0.356 e. The molecule has 1 saturated heterocycles. The van der Waals surface area contributed by atoms with E-state index in [0.29, 0.717) is 42.2 Å². The number of carboxylic acid groups (broad SMARTS) is 1. The smallest absolute Gasteiger partial charge is 0.356 e. The van der Waals surface area contributed by atoms with Gasteiger partial charge < -0.3 is 20.4 Å². The minimum Gasteiger partial charge on any atom is -0.476 e. The summed E-state index contributed by atoms with van der Waals surface area (Å²) in [6.07, 6.45) is -0.252. The first-order valence-corrected chi connectivity index (χ1v) is 11.7. The largest absolute Gasteiger partial charge is 0.476 e. The Kier molecular flexibility index (Phi) is 5.49. The van der Waals surface area contributed by atoms with Gasteiger partial charge in [-0.05, 0) is 44.5 Å². The molecule has 1 aliphatic heterocycles. The van der Waals surface area contributed by atoms with Gasteiger partial charge >= 0.3 is 5.97 Å². The van der Waals surface area contributed by atoms with Crippen molar-refractivity contribution in [3.8, 4) is 0 Å². The molecular formula is C24H26ClN5O4. The highest BCUT2D eigenvalue weighted by Gasteiger charge is 2.55. The summed E-state index contributed by atoms with van der Waals surface area (Å²) in [5.41, 5.74) is 2.31. The van der Waals surface area contributed by atoms with E-state index in [2.05, 4.69) is 15.2 Å². The first-order chi connectivity index (χ1) is 16.2. The molecule has 1 saturated carbocycles. The Balaban J connectivity index is 1.60. The number of aliphatic hydroxyl groups is 1. The Hall–Kier alpha value is -3.17. The van der Waals surface area contributed by atoms with Crippen LogP contribution in [-0.4, -0.2) is 49.9 Å². The monoisotopic (exact) mass is 483 g/mol. The number of fused-ring (bicyclic) bond motifs is 2. The van der Waals surface area contributed by atoms with Crippen LogP contribution >= 0.6 is 11.6 Å². The summed E-state index contributed by atoms with van der Waals surface area (Å²) in [6, 6.07) is 6.55. The van der Waals surface area contributed by atoms with E-state index in [0.717, 1.165) is 11.1 Å². The van der Waals surface area contributed by atoms with Crippen LogP contribution in [0.2, 0.25) is 5.15 Å². The number of benzene rings is 1. The van der Waals surface area contributed by atoms with Crippen molar-refractivity contribution in [1.82, 2.24) is 14.5 Å². The Labute approximate surface area is 201 Å². The molecule has 2 fully saturated rings. The highest BCUT2D eigenvalue weighted by Crippen LogP contribution is 2.46. The highest BCUT2D eigenvalue weighted by molar-refractivity contribution is 6.29. The second-order valence-electron chi connectivity index (χ2n) is 9.14. The third-order valence-electron chi connectivity index (χ3n) is 6.86. The zero-order valence-corrected chi connectivity index (χ0v) is 19.9. The molecule has 2 aromatic heterocycles. The van der Waals surface area contributed by atoms with Crippen LogP contribution in [0.25, 0.3) is 10.9 Å². The number of nitrogens with zero attached hydrogens (tertiary/aromatic N) is 4. The normalized spacial score (nSPS) is 22.0. The van der Waals surface area contributed by atoms with Crippen molar-refractivity contribution in [2.24, 2.45) is 11.8 Å². The lowest BCUT2D eigenvalue weighted by molar-refractivity contribution is 0.0691. The molecule has 178 valence electrons. The molecule has 10 heteroatoms. The predicted molar refractivity (Wildman–Crippen MR) is 130 cm³/mol. The third-order valence-corrected chi connectivity index (χ3v) is 7.07. The van der Waals surface area contributed by atoms with Crippen LogP contribution in [0.5, 0.6) is 0 Å². The Morgan fingerprint density at radius 3 is 2.62 bits per heavy atom. The van der Waals surface area contributed by atoms with Crippen LogP contribution in [0.4, 0.5) is 11.6 Å². The second kappa shape index (κ2) is 8.25. The van der Waals surface area contributed by atoms with Crippen molar-refractivity contribution in [1.29, 1.82) is 0 Å². The number of aliphatic hydroxyl groups excluding tert-OH is 1. The molecule has 2 aliphatic rings. The van der Waals surface area contributed by atoms with Crippen LogP contribution in [0.15, 0.2) is 29.1 Å². The number of piperidine rings is 1. The summed E-state index contributed by atoms with van der Waals surface area (Å²) in [5.74, 6) is -0.103. The summed E-state index contributed by atoms with van der Waals surface area (Å²) in [7, 11) is 0. The quantitative estimate of drug-likeness (QED) is 0.457. The molecule has 0 unspecified atom stereocenters. The molecule has 1 aliphatic carbocycles. The van der Waals surface area contributed by atoms with Crippen LogP contribution in [0.1, 0.15) is 41.5 Å². The molecule has 3 aromatic rings. The lowest BCUT2D eigenvalue weighted by Gasteiger charge is -2.25. The van der Waals surface area contributed by atoms with Gasteiger partial charge in [-0.15, -0.1) is 0 Å². The summed E-state index contributed by atoms with van der Waals surface area (Å²) in [4.78, 5) is 36.1. The fourth-order valence-electron chi connectivity index (χ4n) is 5.03. The van der Waals surface area contributed by atoms with E-state index in [9.17, 15) is 19.8 Å². The summed E-state index contributed by atoms with van der Waals surface area (Å²) in [5, 5.41) is 23.3. The Morgan fingerprint density at radius 1 is 1.26 bits per heavy atom. The Bertz CT molecular complexity index is 1360. The molecule has 0 radical (unpaired) electrons. The molecular weight excluding hydrogens is 458 g/mol. The van der Waals surface area contributed by atoms with Crippen LogP contribution in [-0.2, 0) is 6.54 Å². The molecule has 34 heavy (non-hydrogen) atoms. The summed E-state index contributed by atoms with van der Waals surface area (Å²) in [6.45, 7) is 7.57. The van der Waals surface area contributed by atoms with Crippen molar-refractivity contribution in [2.75, 3.05) is 23.3 Å². The van der Waals surface area contributed by atoms with E-state index in [1.54, 1.807) is 10.6 Å². The van der Waals surface area contributed by atoms with Crippen LogP contribution in [0, 0.1) is 18.8 Å². The zero-order chi connectivity index (χ0) is 24.3. The molecule has 1 aromatic carbocycles. The van der Waals surface area contributed by atoms with Gasteiger partial charge in [-0.3, -0.25) is 9.36 Å². The number of aromatic carboxylic acids is 1. The SMILES string of the molecule is CCn1c(N2C[C@H]3C(O)[C@@H]3C2)nc2c([C@H](C)Nc3ccc(Cl)nc3C(=O)O)cc(C)cc2c1=O. The number of nitrogens with one attached hydrogen (secondary N) is 1. The van der Waals surface area contributed by atoms with E-state index in [1.165, 1.54) is 6.07 Å². The van der Waals surface area contributed by atoms with Crippen LogP contribution < -0.4 is 15.8 Å². The van der Waals surface area contributed by atoms with Gasteiger partial charge in [-0.25, -0.2) is 14.8 Å². The van der Waals surface area contributed by atoms with Gasteiger partial charge in [0.05, 0.1) is 28.7 Å². The first kappa shape index (κ1) is 22.6. The van der Waals surface area contributed by atoms with Gasteiger partial charge in [-0.2, -0.15) is 0 Å². The molecule has 0 spiro atoms. The molecule has 3 N–H and O–H groups in total. The van der Waals surface area contributed by atoms with Gasteiger partial charge in [0, 0.05) is 37.0 Å². The summed E-state index contributed by atoms with van der Waals surface area (Å²) >= 11 is 5.89. The number of pyridine rings is 1. The molecule has 5 rings (SSSR count). The fourth-order valence-corrected chi connectivity index (χ4v) is 5.18. The lowest BCUT2D eigenvalue weighted by Crippen LogP contribution is -2.34. The van der Waals surface area contributed by atoms with E-state index >= 15 is 0 Å². The minimum absolute atomic E-state index is 0.0943. The maximum atomic E-state index is 13.5. The van der Waals surface area contributed by atoms with Gasteiger partial charge in [0.25, 0.3) is 5.56 Å². The van der Waals surface area contributed by atoms with Crippen molar-refractivity contribution in [2.45, 2.75) is 39.5 Å². The number of rotatable bonds is 6. The number of carboxylic acids is 1. The molecule has 3 heterocycles. The maximum absolute atomic E-state index is 13.5. The lowest BCUT2D eigenvalue weighted by atomic mass is 10.0. The highest BCUT2D eigenvalue weighted by atomic mass is 35.5. The van der Waals surface area contributed by atoms with Crippen molar-refractivity contribution >= 4 is 40.1 Å². The zero-order valence-electron chi connectivity index (χ0n) is 19.1. The van der Waals surface area contributed by atoms with E-state index in [4.69, 9.17) is 16.6 Å². The van der Waals surface area contributed by atoms with Crippen molar-refractivity contribution < 1.29 is 15.0 Å². The topological polar surface area (TPSA) is 121 Å². The van der Waals surface area contributed by atoms with Gasteiger partial charge in [0.15, 0.2) is 5.69 Å². The Morgan fingerprint density at radius 2 is 1.97 bits per heavy atom. The van der Waals surface area contributed by atoms with Crippen molar-refractivity contribution in [3.05, 3.63) is 56.6 Å². The fraction of sp³-hybridized carbons (Fsp3) is 0.417. The number of aryl methyl sites for hydroxylation is 1. The molecule has 0 bridgehead atoms. The van der Waals surface area contributed by atoms with E-state index in [1.807, 2.05) is 32.9 Å². The average molecular weight is 484 g/mol. The number of carbonyl (C=O) groups is 1. The van der Waals surface area contributed by atoms with Gasteiger partial charge in [0.2, 0.25) is 5.95 Å². The number of anilines is 2. The van der Waals surface area contributed by atoms with Crippen molar-refractivity contribution in [3.63, 3.8) is 0 Å². The van der Waals surface area contributed by atoms with Gasteiger partial charge in [-0.1, -0.05) is 17.7 Å². The van der Waals surface area contributed by atoms with Crippen LogP contribution in [0.3, 0.4) is 0 Å². The number of halogens is 1. The number of hydrogen-bond acceptors (Lipinski definition) is 7. The van der Waals surface area contributed by atoms with E-state index < -0.39 is 5.97 Å². The van der Waals surface area contributed by atoms with Gasteiger partial charge in [0.1, 0.15) is 5.15 Å². The minimum atomic E-state index is -1.19. The predicted octanol–water partition coefficient (Wildman–Crippen LogP) is 3.07. The first-order valence-electron chi connectivity index (χ1n) is 11.3. The number of aromatic nitrogens is 3. The molecule has 3 atom stereocenters. The third kappa shape index (κ3) is 3.69. The average Bonchev–Trinajstić information content (AvgIpc) is 3.19. The number of hydrogen-bond donors (Lipinski definition) is 3.